The lowest BCUT2D eigenvalue weighted by molar-refractivity contribution is -0.131. The normalized spacial score (nSPS) is 15.9. The number of aromatic nitrogens is 3. The molecule has 0 unspecified atom stereocenters. The van der Waals surface area contributed by atoms with Crippen molar-refractivity contribution in [3.63, 3.8) is 0 Å². The number of pyridine rings is 1. The third-order valence-corrected chi connectivity index (χ3v) is 6.57. The fourth-order valence-electron chi connectivity index (χ4n) is 4.55. The number of ether oxygens (including phenoxy) is 1. The summed E-state index contributed by atoms with van der Waals surface area (Å²) in [6.07, 6.45) is 4.27. The van der Waals surface area contributed by atoms with E-state index in [2.05, 4.69) is 9.88 Å². The van der Waals surface area contributed by atoms with Crippen molar-refractivity contribution in [1.29, 1.82) is 0 Å². The molecule has 1 saturated heterocycles. The number of fused-ring (bicyclic) bond motifs is 1. The number of para-hydroxylation sites is 1. The summed E-state index contributed by atoms with van der Waals surface area (Å²) in [5, 5.41) is 0.634. The van der Waals surface area contributed by atoms with Crippen LogP contribution in [0, 0.1) is 0 Å². The van der Waals surface area contributed by atoms with Crippen molar-refractivity contribution in [2.24, 2.45) is 0 Å². The number of anilines is 1. The van der Waals surface area contributed by atoms with Gasteiger partial charge in [-0.05, 0) is 44.0 Å². The van der Waals surface area contributed by atoms with Crippen molar-refractivity contribution in [2.45, 2.75) is 38.6 Å². The first-order chi connectivity index (χ1) is 17.0. The van der Waals surface area contributed by atoms with E-state index in [9.17, 15) is 14.4 Å². The van der Waals surface area contributed by atoms with Crippen LogP contribution in [0.25, 0.3) is 10.9 Å². The highest BCUT2D eigenvalue weighted by molar-refractivity contribution is 5.89. The minimum atomic E-state index is -0.380. The lowest BCUT2D eigenvalue weighted by Gasteiger charge is -2.35. The molecule has 9 heteroatoms. The van der Waals surface area contributed by atoms with Crippen LogP contribution in [-0.2, 0) is 16.0 Å². The van der Waals surface area contributed by atoms with Gasteiger partial charge in [0.25, 0.3) is 5.56 Å². The van der Waals surface area contributed by atoms with Crippen LogP contribution in [-0.4, -0.2) is 64.1 Å². The smallest absolute Gasteiger partial charge is 0.339 e. The molecule has 0 radical (unpaired) electrons. The Hall–Kier alpha value is -3.75. The summed E-state index contributed by atoms with van der Waals surface area (Å²) in [5.74, 6) is 1.17. The third kappa shape index (κ3) is 4.89. The van der Waals surface area contributed by atoms with Gasteiger partial charge in [-0.25, -0.2) is 14.8 Å². The first-order valence-electron chi connectivity index (χ1n) is 12.2. The van der Waals surface area contributed by atoms with E-state index in [0.717, 1.165) is 18.7 Å². The van der Waals surface area contributed by atoms with Gasteiger partial charge < -0.3 is 14.5 Å². The van der Waals surface area contributed by atoms with Crippen LogP contribution in [0.5, 0.6) is 0 Å². The molecule has 3 aromatic rings. The molecule has 0 bridgehead atoms. The number of hydrogen-bond acceptors (Lipinski definition) is 7. The summed E-state index contributed by atoms with van der Waals surface area (Å²) in [5.41, 5.74) is 1.11. The van der Waals surface area contributed by atoms with E-state index in [1.54, 1.807) is 17.6 Å². The lowest BCUT2D eigenvalue weighted by Crippen LogP contribution is -2.49. The molecule has 2 aromatic heterocycles. The Bertz CT molecular complexity index is 1290. The first-order valence-corrected chi connectivity index (χ1v) is 12.2. The number of piperazine rings is 1. The number of nitrogens with zero attached hydrogens (tertiary/aromatic N) is 5. The second kappa shape index (κ2) is 9.85. The van der Waals surface area contributed by atoms with Crippen LogP contribution in [0.15, 0.2) is 47.4 Å². The Morgan fingerprint density at radius 2 is 1.83 bits per heavy atom. The Labute approximate surface area is 203 Å². The van der Waals surface area contributed by atoms with Crippen LogP contribution in [0.3, 0.4) is 0 Å². The van der Waals surface area contributed by atoms with E-state index in [0.29, 0.717) is 67.9 Å². The summed E-state index contributed by atoms with van der Waals surface area (Å²) in [4.78, 5) is 50.9. The average Bonchev–Trinajstić information content (AvgIpc) is 3.73. The fourth-order valence-corrected chi connectivity index (χ4v) is 4.55. The van der Waals surface area contributed by atoms with Gasteiger partial charge in [0.05, 0.1) is 23.1 Å². The van der Waals surface area contributed by atoms with Crippen molar-refractivity contribution in [3.05, 3.63) is 64.3 Å². The van der Waals surface area contributed by atoms with Gasteiger partial charge in [-0.15, -0.1) is 0 Å². The molecular weight excluding hydrogens is 446 g/mol. The summed E-state index contributed by atoms with van der Waals surface area (Å²) >= 11 is 0. The van der Waals surface area contributed by atoms with Crippen LogP contribution in [0.1, 0.15) is 48.4 Å². The zero-order valence-corrected chi connectivity index (χ0v) is 19.9. The molecule has 35 heavy (non-hydrogen) atoms. The molecule has 1 aliphatic carbocycles. The molecule has 0 spiro atoms. The number of aryl methyl sites for hydroxylation is 1. The van der Waals surface area contributed by atoms with Crippen molar-refractivity contribution < 1.29 is 14.3 Å². The van der Waals surface area contributed by atoms with Gasteiger partial charge >= 0.3 is 5.97 Å². The van der Waals surface area contributed by atoms with Gasteiger partial charge in [0.15, 0.2) is 0 Å². The number of rotatable bonds is 7. The molecule has 2 fully saturated rings. The van der Waals surface area contributed by atoms with Gasteiger partial charge in [0.1, 0.15) is 11.6 Å². The van der Waals surface area contributed by atoms with Gasteiger partial charge in [0, 0.05) is 51.3 Å². The molecule has 5 rings (SSSR count). The predicted octanol–water partition coefficient (Wildman–Crippen LogP) is 2.58. The van der Waals surface area contributed by atoms with Gasteiger partial charge in [-0.1, -0.05) is 12.1 Å². The van der Waals surface area contributed by atoms with Crippen molar-refractivity contribution in [2.75, 3.05) is 37.7 Å². The third-order valence-electron chi connectivity index (χ3n) is 6.57. The molecule has 1 aromatic carbocycles. The number of esters is 1. The zero-order valence-electron chi connectivity index (χ0n) is 19.9. The molecule has 0 N–H and O–H groups in total. The lowest BCUT2D eigenvalue weighted by atomic mass is 10.2. The number of carbonyl (C=O) groups is 2. The number of benzene rings is 1. The van der Waals surface area contributed by atoms with Crippen LogP contribution >= 0.6 is 0 Å². The van der Waals surface area contributed by atoms with Crippen molar-refractivity contribution in [1.82, 2.24) is 19.4 Å². The van der Waals surface area contributed by atoms with Crippen molar-refractivity contribution >= 4 is 28.6 Å². The molecule has 1 aliphatic heterocycles. The Morgan fingerprint density at radius 1 is 1.06 bits per heavy atom. The van der Waals surface area contributed by atoms with E-state index in [1.807, 2.05) is 35.2 Å². The summed E-state index contributed by atoms with van der Waals surface area (Å²) in [6, 6.07) is 11.1. The predicted molar refractivity (Wildman–Crippen MR) is 132 cm³/mol. The SMILES string of the molecule is CCOC(=O)c1ccc(N2CCN(C(=O)CCc3nc4ccccc4c(=O)n3C3CC3)CC2)nc1. The molecule has 2 aliphatic rings. The minimum Gasteiger partial charge on any atom is -0.462 e. The maximum atomic E-state index is 13.0. The topological polar surface area (TPSA) is 97.6 Å². The second-order valence-corrected chi connectivity index (χ2v) is 8.94. The quantitative estimate of drug-likeness (QED) is 0.485. The van der Waals surface area contributed by atoms with E-state index in [-0.39, 0.29) is 23.5 Å². The molecule has 0 atom stereocenters. The Morgan fingerprint density at radius 3 is 2.51 bits per heavy atom. The zero-order chi connectivity index (χ0) is 24.4. The van der Waals surface area contributed by atoms with Gasteiger partial charge in [-0.2, -0.15) is 0 Å². The molecular formula is C26H29N5O4. The van der Waals surface area contributed by atoms with Crippen LogP contribution in [0.4, 0.5) is 5.82 Å². The van der Waals surface area contributed by atoms with Gasteiger partial charge in [-0.3, -0.25) is 14.2 Å². The highest BCUT2D eigenvalue weighted by atomic mass is 16.5. The second-order valence-electron chi connectivity index (χ2n) is 8.94. The highest BCUT2D eigenvalue weighted by Crippen LogP contribution is 2.35. The maximum Gasteiger partial charge on any atom is 0.339 e. The molecule has 1 amide bonds. The van der Waals surface area contributed by atoms with E-state index >= 15 is 0 Å². The minimum absolute atomic E-state index is 0.00404. The fraction of sp³-hybridized carbons (Fsp3) is 0.423. The molecule has 1 saturated carbocycles. The summed E-state index contributed by atoms with van der Waals surface area (Å²) in [7, 11) is 0. The number of hydrogen-bond donors (Lipinski definition) is 0. The maximum absolute atomic E-state index is 13.0. The molecule has 9 nitrogen and oxygen atoms in total. The molecule has 182 valence electrons. The van der Waals surface area contributed by atoms with Gasteiger partial charge in [0.2, 0.25) is 5.91 Å². The highest BCUT2D eigenvalue weighted by Gasteiger charge is 2.29. The van der Waals surface area contributed by atoms with Crippen LogP contribution in [0.2, 0.25) is 0 Å². The number of amides is 1. The summed E-state index contributed by atoms with van der Waals surface area (Å²) < 4.78 is 6.80. The standard InChI is InChI=1S/C26H29N5O4/c1-2-35-26(34)18-7-10-22(27-17-18)29-13-15-30(16-14-29)24(32)12-11-23-28-21-6-4-3-5-20(21)25(33)31(23)19-8-9-19/h3-7,10,17,19H,2,8-9,11-16H2,1H3. The Balaban J connectivity index is 1.20. The number of carbonyl (C=O) groups excluding carboxylic acids is 2. The van der Waals surface area contributed by atoms with Crippen LogP contribution < -0.4 is 10.5 Å². The van der Waals surface area contributed by atoms with E-state index in [1.165, 1.54) is 6.20 Å². The molecule has 3 heterocycles. The van der Waals surface area contributed by atoms with E-state index < -0.39 is 0 Å². The first kappa shape index (κ1) is 23.0. The Kier molecular flexibility index (Phi) is 6.48. The monoisotopic (exact) mass is 475 g/mol. The largest absolute Gasteiger partial charge is 0.462 e. The van der Waals surface area contributed by atoms with E-state index in [4.69, 9.17) is 9.72 Å². The summed E-state index contributed by atoms with van der Waals surface area (Å²) in [6.45, 7) is 4.62. The average molecular weight is 476 g/mol. The van der Waals surface area contributed by atoms with Crippen molar-refractivity contribution in [3.8, 4) is 0 Å².